The molecule has 0 saturated carbocycles. The standard InChI is InChI=1S/C15H22N2O/c1-11-5-3-6-12(2)17(11)10-15(18)13-7-4-8-14(16)9-13/h4,7-9,11-12H,3,5-6,10,16H2,1-2H3. The normalized spacial score (nSPS) is 25.0. The monoisotopic (exact) mass is 246 g/mol. The molecular formula is C15H22N2O. The van der Waals surface area contributed by atoms with E-state index in [0.717, 1.165) is 5.56 Å². The van der Waals surface area contributed by atoms with Crippen molar-refractivity contribution in [2.75, 3.05) is 12.3 Å². The van der Waals surface area contributed by atoms with E-state index >= 15 is 0 Å². The minimum Gasteiger partial charge on any atom is -0.399 e. The van der Waals surface area contributed by atoms with Crippen molar-refractivity contribution in [2.24, 2.45) is 0 Å². The van der Waals surface area contributed by atoms with Crippen LogP contribution in [0.1, 0.15) is 43.5 Å². The Labute approximate surface area is 109 Å². The smallest absolute Gasteiger partial charge is 0.176 e. The van der Waals surface area contributed by atoms with Crippen LogP contribution in [0.3, 0.4) is 0 Å². The molecule has 1 saturated heterocycles. The predicted octanol–water partition coefficient (Wildman–Crippen LogP) is 2.71. The first kappa shape index (κ1) is 13.1. The van der Waals surface area contributed by atoms with Crippen LogP contribution in [-0.2, 0) is 0 Å². The van der Waals surface area contributed by atoms with Crippen molar-refractivity contribution in [1.29, 1.82) is 0 Å². The number of carbonyl (C=O) groups excluding carboxylic acids is 1. The molecule has 0 bridgehead atoms. The first-order valence-electron chi connectivity index (χ1n) is 6.72. The molecule has 1 fully saturated rings. The molecule has 2 rings (SSSR count). The minimum atomic E-state index is 0.169. The van der Waals surface area contributed by atoms with Crippen LogP contribution >= 0.6 is 0 Å². The fourth-order valence-electron chi connectivity index (χ4n) is 2.76. The minimum absolute atomic E-state index is 0.169. The summed E-state index contributed by atoms with van der Waals surface area (Å²) in [6.07, 6.45) is 3.65. The second kappa shape index (κ2) is 5.53. The van der Waals surface area contributed by atoms with Crippen molar-refractivity contribution >= 4 is 11.5 Å². The highest BCUT2D eigenvalue weighted by Gasteiger charge is 2.26. The summed E-state index contributed by atoms with van der Waals surface area (Å²) < 4.78 is 0. The molecule has 0 aliphatic carbocycles. The Kier molecular flexibility index (Phi) is 4.02. The summed E-state index contributed by atoms with van der Waals surface area (Å²) in [5.74, 6) is 0.169. The highest BCUT2D eigenvalue weighted by molar-refractivity contribution is 5.98. The Morgan fingerprint density at radius 2 is 2.00 bits per heavy atom. The van der Waals surface area contributed by atoms with Gasteiger partial charge in [-0.25, -0.2) is 0 Å². The van der Waals surface area contributed by atoms with Gasteiger partial charge >= 0.3 is 0 Å². The number of benzene rings is 1. The van der Waals surface area contributed by atoms with Gasteiger partial charge in [-0.15, -0.1) is 0 Å². The fraction of sp³-hybridized carbons (Fsp3) is 0.533. The Balaban J connectivity index is 2.06. The average molecular weight is 246 g/mol. The van der Waals surface area contributed by atoms with E-state index in [0.29, 0.717) is 24.3 Å². The number of hydrogen-bond donors (Lipinski definition) is 1. The third-order valence-corrected chi connectivity index (χ3v) is 3.91. The number of likely N-dealkylation sites (tertiary alicyclic amines) is 1. The van der Waals surface area contributed by atoms with Crippen LogP contribution < -0.4 is 5.73 Å². The topological polar surface area (TPSA) is 46.3 Å². The van der Waals surface area contributed by atoms with Gasteiger partial charge in [-0.3, -0.25) is 9.69 Å². The SMILES string of the molecule is CC1CCCC(C)N1CC(=O)c1cccc(N)c1. The molecule has 3 heteroatoms. The van der Waals surface area contributed by atoms with E-state index in [1.54, 1.807) is 6.07 Å². The van der Waals surface area contributed by atoms with E-state index in [2.05, 4.69) is 18.7 Å². The van der Waals surface area contributed by atoms with Crippen molar-refractivity contribution in [1.82, 2.24) is 4.90 Å². The van der Waals surface area contributed by atoms with Gasteiger partial charge in [0.05, 0.1) is 6.54 Å². The van der Waals surface area contributed by atoms with Gasteiger partial charge < -0.3 is 5.73 Å². The first-order chi connectivity index (χ1) is 8.58. The lowest BCUT2D eigenvalue weighted by atomic mass is 9.96. The third kappa shape index (κ3) is 2.91. The van der Waals surface area contributed by atoms with Crippen molar-refractivity contribution in [3.8, 4) is 0 Å². The van der Waals surface area contributed by atoms with Gasteiger partial charge in [0.2, 0.25) is 0 Å². The second-order valence-corrected chi connectivity index (χ2v) is 5.35. The zero-order valence-corrected chi connectivity index (χ0v) is 11.2. The van der Waals surface area contributed by atoms with Gasteiger partial charge in [-0.1, -0.05) is 18.6 Å². The van der Waals surface area contributed by atoms with Crippen LogP contribution in [0.5, 0.6) is 0 Å². The molecule has 1 aromatic carbocycles. The molecule has 18 heavy (non-hydrogen) atoms. The van der Waals surface area contributed by atoms with Crippen LogP contribution in [0.4, 0.5) is 5.69 Å². The van der Waals surface area contributed by atoms with Gasteiger partial charge in [0.25, 0.3) is 0 Å². The molecule has 1 aromatic rings. The number of nitrogen functional groups attached to an aromatic ring is 1. The number of nitrogens with zero attached hydrogens (tertiary/aromatic N) is 1. The predicted molar refractivity (Wildman–Crippen MR) is 74.7 cm³/mol. The zero-order chi connectivity index (χ0) is 13.1. The Hall–Kier alpha value is -1.35. The summed E-state index contributed by atoms with van der Waals surface area (Å²) in [4.78, 5) is 14.6. The molecular weight excluding hydrogens is 224 g/mol. The molecule has 2 atom stereocenters. The Bertz CT molecular complexity index is 420. The maximum atomic E-state index is 12.3. The molecule has 0 amide bonds. The molecule has 0 spiro atoms. The molecule has 3 nitrogen and oxygen atoms in total. The number of nitrogens with two attached hydrogens (primary N) is 1. The van der Waals surface area contributed by atoms with Gasteiger partial charge in [-0.2, -0.15) is 0 Å². The third-order valence-electron chi connectivity index (χ3n) is 3.91. The summed E-state index contributed by atoms with van der Waals surface area (Å²) >= 11 is 0. The number of piperidine rings is 1. The quantitative estimate of drug-likeness (QED) is 0.659. The van der Waals surface area contributed by atoms with E-state index in [4.69, 9.17) is 5.73 Å². The maximum Gasteiger partial charge on any atom is 0.176 e. The largest absolute Gasteiger partial charge is 0.399 e. The van der Waals surface area contributed by atoms with Crippen LogP contribution in [-0.4, -0.2) is 29.3 Å². The van der Waals surface area contributed by atoms with E-state index < -0.39 is 0 Å². The van der Waals surface area contributed by atoms with Gasteiger partial charge in [0.15, 0.2) is 5.78 Å². The van der Waals surface area contributed by atoms with Crippen molar-refractivity contribution in [3.63, 3.8) is 0 Å². The van der Waals surface area contributed by atoms with Crippen molar-refractivity contribution < 1.29 is 4.79 Å². The molecule has 1 aliphatic rings. The molecule has 0 radical (unpaired) electrons. The number of Topliss-reactive ketones (excluding diaryl/α,β-unsaturated/α-hetero) is 1. The fourth-order valence-corrected chi connectivity index (χ4v) is 2.76. The lowest BCUT2D eigenvalue weighted by Crippen LogP contribution is -2.46. The number of hydrogen-bond acceptors (Lipinski definition) is 3. The Morgan fingerprint density at radius 3 is 2.61 bits per heavy atom. The lowest BCUT2D eigenvalue weighted by Gasteiger charge is -2.38. The highest BCUT2D eigenvalue weighted by Crippen LogP contribution is 2.22. The van der Waals surface area contributed by atoms with Crippen LogP contribution in [0, 0.1) is 0 Å². The molecule has 0 aromatic heterocycles. The van der Waals surface area contributed by atoms with Crippen LogP contribution in [0.2, 0.25) is 0 Å². The summed E-state index contributed by atoms with van der Waals surface area (Å²) in [6.45, 7) is 4.93. The molecule has 98 valence electrons. The van der Waals surface area contributed by atoms with Crippen LogP contribution in [0.15, 0.2) is 24.3 Å². The Morgan fingerprint density at radius 1 is 1.33 bits per heavy atom. The summed E-state index contributed by atoms with van der Waals surface area (Å²) in [7, 11) is 0. The zero-order valence-electron chi connectivity index (χ0n) is 11.2. The van der Waals surface area contributed by atoms with E-state index in [-0.39, 0.29) is 5.78 Å². The van der Waals surface area contributed by atoms with E-state index in [1.807, 2.05) is 18.2 Å². The lowest BCUT2D eigenvalue weighted by molar-refractivity contribution is 0.0734. The molecule has 2 unspecified atom stereocenters. The maximum absolute atomic E-state index is 12.3. The number of anilines is 1. The molecule has 2 N–H and O–H groups in total. The van der Waals surface area contributed by atoms with E-state index in [1.165, 1.54) is 19.3 Å². The number of rotatable bonds is 3. The summed E-state index contributed by atoms with van der Waals surface area (Å²) in [5, 5.41) is 0. The van der Waals surface area contributed by atoms with Crippen molar-refractivity contribution in [3.05, 3.63) is 29.8 Å². The average Bonchev–Trinajstić information content (AvgIpc) is 2.34. The van der Waals surface area contributed by atoms with Crippen molar-refractivity contribution in [2.45, 2.75) is 45.2 Å². The first-order valence-corrected chi connectivity index (χ1v) is 6.72. The molecule has 1 aliphatic heterocycles. The van der Waals surface area contributed by atoms with Gasteiger partial charge in [-0.05, 0) is 38.8 Å². The van der Waals surface area contributed by atoms with Crippen LogP contribution in [0.25, 0.3) is 0 Å². The van der Waals surface area contributed by atoms with E-state index in [9.17, 15) is 4.79 Å². The number of carbonyl (C=O) groups is 1. The second-order valence-electron chi connectivity index (χ2n) is 5.35. The highest BCUT2D eigenvalue weighted by atomic mass is 16.1. The summed E-state index contributed by atoms with van der Waals surface area (Å²) in [5.41, 5.74) is 7.09. The molecule has 1 heterocycles. The number of ketones is 1. The van der Waals surface area contributed by atoms with Gasteiger partial charge in [0, 0.05) is 23.3 Å². The van der Waals surface area contributed by atoms with Gasteiger partial charge in [0.1, 0.15) is 0 Å². The summed E-state index contributed by atoms with van der Waals surface area (Å²) in [6, 6.07) is 8.26.